The molecule has 4 nitrogen and oxygen atoms in total. The van der Waals surface area contributed by atoms with Crippen molar-refractivity contribution in [3.05, 3.63) is 23.2 Å². The maximum Gasteiger partial charge on any atom is 0.339 e. The smallest absolute Gasteiger partial charge is 0.339 e. The quantitative estimate of drug-likeness (QED) is 0.740. The molecule has 0 spiro atoms. The second kappa shape index (κ2) is 4.09. The van der Waals surface area contributed by atoms with Crippen LogP contribution in [0.25, 0.3) is 0 Å². The maximum atomic E-state index is 10.8. The summed E-state index contributed by atoms with van der Waals surface area (Å²) in [6.45, 7) is 4.93. The van der Waals surface area contributed by atoms with Crippen molar-refractivity contribution >= 4 is 5.97 Å². The van der Waals surface area contributed by atoms with Crippen molar-refractivity contribution in [1.82, 2.24) is 5.32 Å². The summed E-state index contributed by atoms with van der Waals surface area (Å²) in [5.41, 5.74) is 0.946. The molecule has 1 aromatic rings. The summed E-state index contributed by atoms with van der Waals surface area (Å²) in [5, 5.41) is 11.9. The number of aromatic carboxylic acids is 1. The molecule has 0 fully saturated rings. The molecule has 0 radical (unpaired) electrons. The van der Waals surface area contributed by atoms with Crippen LogP contribution in [0.4, 0.5) is 0 Å². The van der Waals surface area contributed by atoms with Crippen molar-refractivity contribution in [3.63, 3.8) is 0 Å². The van der Waals surface area contributed by atoms with Gasteiger partial charge in [-0.15, -0.1) is 0 Å². The van der Waals surface area contributed by atoms with Crippen LogP contribution in [0.1, 0.15) is 28.6 Å². The fraction of sp³-hybridized carbons (Fsp3) is 0.444. The van der Waals surface area contributed by atoms with Gasteiger partial charge in [-0.3, -0.25) is 0 Å². The van der Waals surface area contributed by atoms with Gasteiger partial charge in [-0.1, -0.05) is 6.92 Å². The lowest BCUT2D eigenvalue weighted by Gasteiger charge is -1.99. The molecule has 0 amide bonds. The molecule has 4 heteroatoms. The van der Waals surface area contributed by atoms with Crippen LogP contribution in [0.15, 0.2) is 10.7 Å². The monoisotopic (exact) mass is 183 g/mol. The summed E-state index contributed by atoms with van der Waals surface area (Å²) in [4.78, 5) is 10.8. The average molecular weight is 183 g/mol. The Morgan fingerprint density at radius 2 is 2.38 bits per heavy atom. The second-order valence-electron chi connectivity index (χ2n) is 2.80. The second-order valence-corrected chi connectivity index (χ2v) is 2.80. The zero-order valence-electron chi connectivity index (χ0n) is 7.76. The molecule has 1 rings (SSSR count). The lowest BCUT2D eigenvalue weighted by atomic mass is 10.1. The number of carboxylic acid groups (broad SMARTS) is 1. The predicted molar refractivity (Wildman–Crippen MR) is 47.8 cm³/mol. The van der Waals surface area contributed by atoms with Crippen LogP contribution in [0.5, 0.6) is 0 Å². The number of nitrogens with one attached hydrogen (secondary N) is 1. The number of aryl methyl sites for hydroxylation is 1. The van der Waals surface area contributed by atoms with Crippen molar-refractivity contribution < 1.29 is 14.3 Å². The molecule has 1 aromatic heterocycles. The summed E-state index contributed by atoms with van der Waals surface area (Å²) in [6, 6.07) is 0. The molecule has 0 aliphatic heterocycles. The van der Waals surface area contributed by atoms with Crippen LogP contribution in [-0.4, -0.2) is 17.6 Å². The average Bonchev–Trinajstić information content (AvgIpc) is 2.43. The topological polar surface area (TPSA) is 62.5 Å². The van der Waals surface area contributed by atoms with Gasteiger partial charge in [0.1, 0.15) is 11.3 Å². The molecule has 0 unspecified atom stereocenters. The Morgan fingerprint density at radius 3 is 2.92 bits per heavy atom. The van der Waals surface area contributed by atoms with Crippen molar-refractivity contribution in [1.29, 1.82) is 0 Å². The predicted octanol–water partition coefficient (Wildman–Crippen LogP) is 1.40. The van der Waals surface area contributed by atoms with Crippen molar-refractivity contribution in [2.45, 2.75) is 20.4 Å². The molecule has 1 heterocycles. The molecule has 0 aromatic carbocycles. The van der Waals surface area contributed by atoms with Gasteiger partial charge in [0.15, 0.2) is 0 Å². The lowest BCUT2D eigenvalue weighted by molar-refractivity contribution is 0.0693. The Bertz CT molecular complexity index is 304. The highest BCUT2D eigenvalue weighted by Crippen LogP contribution is 2.16. The van der Waals surface area contributed by atoms with E-state index in [0.29, 0.717) is 17.9 Å². The van der Waals surface area contributed by atoms with Crippen LogP contribution in [0.3, 0.4) is 0 Å². The normalized spacial score (nSPS) is 10.3. The maximum absolute atomic E-state index is 10.8. The Labute approximate surface area is 76.6 Å². The Kier molecular flexibility index (Phi) is 3.08. The van der Waals surface area contributed by atoms with Gasteiger partial charge in [-0.25, -0.2) is 4.79 Å². The van der Waals surface area contributed by atoms with Gasteiger partial charge in [-0.2, -0.15) is 0 Å². The van der Waals surface area contributed by atoms with Crippen LogP contribution in [0, 0.1) is 6.92 Å². The standard InChI is InChI=1S/C9H13NO3/c1-3-10-4-7-8(9(11)12)6(2)5-13-7/h5,10H,3-4H2,1-2H3,(H,11,12). The third kappa shape index (κ3) is 2.09. The van der Waals surface area contributed by atoms with Crippen LogP contribution < -0.4 is 5.32 Å². The Morgan fingerprint density at radius 1 is 1.69 bits per heavy atom. The Hall–Kier alpha value is -1.29. The highest BCUT2D eigenvalue weighted by molar-refractivity contribution is 5.90. The van der Waals surface area contributed by atoms with Crippen molar-refractivity contribution in [3.8, 4) is 0 Å². The fourth-order valence-electron chi connectivity index (χ4n) is 1.15. The van der Waals surface area contributed by atoms with Gasteiger partial charge >= 0.3 is 5.97 Å². The van der Waals surface area contributed by atoms with Crippen LogP contribution >= 0.6 is 0 Å². The van der Waals surface area contributed by atoms with E-state index in [1.54, 1.807) is 6.92 Å². The first-order chi connectivity index (χ1) is 6.16. The zero-order valence-corrected chi connectivity index (χ0v) is 7.76. The third-order valence-electron chi connectivity index (χ3n) is 1.80. The number of hydrogen-bond acceptors (Lipinski definition) is 3. The molecule has 0 saturated carbocycles. The first-order valence-corrected chi connectivity index (χ1v) is 4.17. The van der Waals surface area contributed by atoms with E-state index in [9.17, 15) is 4.79 Å². The number of carboxylic acids is 1. The molecule has 0 atom stereocenters. The van der Waals surface area contributed by atoms with E-state index in [4.69, 9.17) is 9.52 Å². The molecule has 0 saturated heterocycles. The minimum atomic E-state index is -0.931. The molecule has 13 heavy (non-hydrogen) atoms. The first kappa shape index (κ1) is 9.80. The number of hydrogen-bond donors (Lipinski definition) is 2. The van der Waals surface area contributed by atoms with Gasteiger partial charge in [0.25, 0.3) is 0 Å². The van der Waals surface area contributed by atoms with Gasteiger partial charge < -0.3 is 14.8 Å². The molecule has 2 N–H and O–H groups in total. The van der Waals surface area contributed by atoms with Crippen LogP contribution in [-0.2, 0) is 6.54 Å². The van der Waals surface area contributed by atoms with Crippen molar-refractivity contribution in [2.24, 2.45) is 0 Å². The van der Waals surface area contributed by atoms with Crippen molar-refractivity contribution in [2.75, 3.05) is 6.54 Å². The van der Waals surface area contributed by atoms with Gasteiger partial charge in [0, 0.05) is 5.56 Å². The van der Waals surface area contributed by atoms with E-state index in [0.717, 1.165) is 6.54 Å². The van der Waals surface area contributed by atoms with E-state index in [2.05, 4.69) is 5.32 Å². The number of furan rings is 1. The number of rotatable bonds is 4. The fourth-order valence-corrected chi connectivity index (χ4v) is 1.15. The van der Waals surface area contributed by atoms with E-state index in [1.807, 2.05) is 6.92 Å². The highest BCUT2D eigenvalue weighted by atomic mass is 16.4. The van der Waals surface area contributed by atoms with Gasteiger partial charge in [0.2, 0.25) is 0 Å². The number of carbonyl (C=O) groups is 1. The molecular weight excluding hydrogens is 170 g/mol. The molecule has 72 valence electrons. The summed E-state index contributed by atoms with van der Waals surface area (Å²) in [7, 11) is 0. The first-order valence-electron chi connectivity index (χ1n) is 4.17. The minimum absolute atomic E-state index is 0.279. The molecular formula is C9H13NO3. The highest BCUT2D eigenvalue weighted by Gasteiger charge is 2.16. The molecule has 0 aliphatic rings. The van der Waals surface area contributed by atoms with E-state index in [-0.39, 0.29) is 5.56 Å². The molecule has 0 bridgehead atoms. The Balaban J connectivity index is 2.87. The third-order valence-corrected chi connectivity index (χ3v) is 1.80. The van der Waals surface area contributed by atoms with E-state index >= 15 is 0 Å². The summed E-state index contributed by atoms with van der Waals surface area (Å²) >= 11 is 0. The minimum Gasteiger partial charge on any atom is -0.478 e. The summed E-state index contributed by atoms with van der Waals surface area (Å²) < 4.78 is 5.12. The van der Waals surface area contributed by atoms with Gasteiger partial charge in [0.05, 0.1) is 12.8 Å². The summed E-state index contributed by atoms with van der Waals surface area (Å²) in [5.74, 6) is -0.439. The largest absolute Gasteiger partial charge is 0.478 e. The van der Waals surface area contributed by atoms with E-state index in [1.165, 1.54) is 6.26 Å². The summed E-state index contributed by atoms with van der Waals surface area (Å²) in [6.07, 6.45) is 1.47. The van der Waals surface area contributed by atoms with Gasteiger partial charge in [-0.05, 0) is 13.5 Å². The van der Waals surface area contributed by atoms with Crippen LogP contribution in [0.2, 0.25) is 0 Å². The molecule has 0 aliphatic carbocycles. The SMILES string of the molecule is CCNCc1occ(C)c1C(=O)O. The van der Waals surface area contributed by atoms with E-state index < -0.39 is 5.97 Å². The zero-order chi connectivity index (χ0) is 9.84. The lowest BCUT2D eigenvalue weighted by Crippen LogP contribution is -2.14.